The van der Waals surface area contributed by atoms with Crippen LogP contribution < -0.4 is 5.73 Å². The van der Waals surface area contributed by atoms with Crippen molar-refractivity contribution in [3.63, 3.8) is 0 Å². The first kappa shape index (κ1) is 16.6. The smallest absolute Gasteiger partial charge is 0.270 e. The van der Waals surface area contributed by atoms with Crippen LogP contribution >= 0.6 is 12.4 Å². The van der Waals surface area contributed by atoms with Crippen LogP contribution in [-0.4, -0.2) is 34.9 Å². The Hall–Kier alpha value is -1.78. The molecule has 0 radical (unpaired) electrons. The number of piperidine rings is 1. The van der Waals surface area contributed by atoms with Crippen LogP contribution in [-0.2, 0) is 0 Å². The van der Waals surface area contributed by atoms with Gasteiger partial charge in [0.15, 0.2) is 0 Å². The third-order valence-electron chi connectivity index (χ3n) is 4.16. The van der Waals surface area contributed by atoms with E-state index in [1.54, 1.807) is 0 Å². The van der Waals surface area contributed by atoms with Crippen molar-refractivity contribution in [1.82, 2.24) is 9.88 Å². The summed E-state index contributed by atoms with van der Waals surface area (Å²) in [4.78, 5) is 17.8. The average Bonchev–Trinajstić information content (AvgIpc) is 3.05. The second kappa shape index (κ2) is 7.47. The Labute approximate surface area is 137 Å². The molecule has 4 nitrogen and oxygen atoms in total. The van der Waals surface area contributed by atoms with E-state index in [1.807, 2.05) is 47.4 Å². The van der Waals surface area contributed by atoms with Gasteiger partial charge in [0.05, 0.1) is 0 Å². The molecule has 2 aromatic rings. The van der Waals surface area contributed by atoms with Crippen molar-refractivity contribution >= 4 is 18.3 Å². The number of nitrogens with one attached hydrogen (secondary N) is 1. The van der Waals surface area contributed by atoms with E-state index in [9.17, 15) is 4.79 Å². The maximum atomic E-state index is 12.7. The lowest BCUT2D eigenvalue weighted by atomic mass is 10.0. The van der Waals surface area contributed by atoms with Crippen molar-refractivity contribution in [2.24, 2.45) is 5.73 Å². The average molecular weight is 320 g/mol. The third-order valence-corrected chi connectivity index (χ3v) is 4.16. The van der Waals surface area contributed by atoms with Crippen molar-refractivity contribution < 1.29 is 4.79 Å². The lowest BCUT2D eigenvalue weighted by Gasteiger charge is -2.34. The summed E-state index contributed by atoms with van der Waals surface area (Å²) in [5.41, 5.74) is 8.51. The van der Waals surface area contributed by atoms with E-state index in [0.717, 1.165) is 37.1 Å². The molecule has 1 aliphatic rings. The van der Waals surface area contributed by atoms with Gasteiger partial charge in [-0.25, -0.2) is 0 Å². The van der Waals surface area contributed by atoms with Crippen LogP contribution in [0.1, 0.15) is 29.8 Å². The minimum atomic E-state index is 0. The summed E-state index contributed by atoms with van der Waals surface area (Å²) in [6, 6.07) is 14.0. The SMILES string of the molecule is Cl.NCC1CCCCN1C(=O)c1ccc(-c2ccccc2)[nH]1. The van der Waals surface area contributed by atoms with Crippen molar-refractivity contribution in [2.75, 3.05) is 13.1 Å². The van der Waals surface area contributed by atoms with Crippen LogP contribution in [0.3, 0.4) is 0 Å². The Morgan fingerprint density at radius 1 is 1.18 bits per heavy atom. The van der Waals surface area contributed by atoms with Crippen LogP contribution in [0.25, 0.3) is 11.3 Å². The topological polar surface area (TPSA) is 62.1 Å². The molecule has 0 saturated carbocycles. The highest BCUT2D eigenvalue weighted by Gasteiger charge is 2.27. The Morgan fingerprint density at radius 2 is 1.95 bits per heavy atom. The minimum Gasteiger partial charge on any atom is -0.351 e. The molecule has 1 fully saturated rings. The van der Waals surface area contributed by atoms with Gasteiger partial charge in [-0.1, -0.05) is 30.3 Å². The number of hydrogen-bond donors (Lipinski definition) is 2. The van der Waals surface area contributed by atoms with E-state index in [2.05, 4.69) is 4.98 Å². The second-order valence-corrected chi connectivity index (χ2v) is 5.54. The molecule has 3 N–H and O–H groups in total. The number of aromatic nitrogens is 1. The molecule has 22 heavy (non-hydrogen) atoms. The Bertz CT molecular complexity index is 611. The van der Waals surface area contributed by atoms with Gasteiger partial charge in [-0.3, -0.25) is 4.79 Å². The van der Waals surface area contributed by atoms with Crippen molar-refractivity contribution in [3.8, 4) is 11.3 Å². The number of benzene rings is 1. The third kappa shape index (κ3) is 3.34. The largest absolute Gasteiger partial charge is 0.351 e. The van der Waals surface area contributed by atoms with Gasteiger partial charge in [-0.05, 0) is 37.0 Å². The number of rotatable bonds is 3. The van der Waals surface area contributed by atoms with Crippen LogP contribution in [0, 0.1) is 0 Å². The zero-order valence-electron chi connectivity index (χ0n) is 12.5. The number of hydrogen-bond acceptors (Lipinski definition) is 2. The van der Waals surface area contributed by atoms with Crippen molar-refractivity contribution in [3.05, 3.63) is 48.2 Å². The van der Waals surface area contributed by atoms with Crippen LogP contribution in [0.2, 0.25) is 0 Å². The predicted octanol–water partition coefficient (Wildman–Crippen LogP) is 3.06. The summed E-state index contributed by atoms with van der Waals surface area (Å²) in [5, 5.41) is 0. The Morgan fingerprint density at radius 3 is 2.68 bits per heavy atom. The standard InChI is InChI=1S/C17H21N3O.ClH/c18-12-14-8-4-5-11-20(14)17(21)16-10-9-15(19-16)13-6-2-1-3-7-13;/h1-3,6-7,9-10,14,19H,4-5,8,11-12,18H2;1H. The number of H-pyrrole nitrogens is 1. The number of nitrogens with zero attached hydrogens (tertiary/aromatic N) is 1. The van der Waals surface area contributed by atoms with E-state index in [4.69, 9.17) is 5.73 Å². The molecule has 5 heteroatoms. The highest BCUT2D eigenvalue weighted by atomic mass is 35.5. The maximum absolute atomic E-state index is 12.7. The van der Waals surface area contributed by atoms with Crippen molar-refractivity contribution in [1.29, 1.82) is 0 Å². The fourth-order valence-corrected chi connectivity index (χ4v) is 2.97. The molecular formula is C17H22ClN3O. The first-order chi connectivity index (χ1) is 10.3. The molecule has 1 amide bonds. The van der Waals surface area contributed by atoms with Gasteiger partial charge in [0.2, 0.25) is 0 Å². The molecule has 3 rings (SSSR count). The van der Waals surface area contributed by atoms with Crippen LogP contribution in [0.5, 0.6) is 0 Å². The second-order valence-electron chi connectivity index (χ2n) is 5.54. The number of carbonyl (C=O) groups excluding carboxylic acids is 1. The molecule has 1 aromatic carbocycles. The molecule has 1 unspecified atom stereocenters. The van der Waals surface area contributed by atoms with Crippen molar-refractivity contribution in [2.45, 2.75) is 25.3 Å². The zero-order valence-corrected chi connectivity index (χ0v) is 13.3. The maximum Gasteiger partial charge on any atom is 0.270 e. The van der Waals surface area contributed by atoms with E-state index < -0.39 is 0 Å². The van der Waals surface area contributed by atoms with Gasteiger partial charge in [0, 0.05) is 24.8 Å². The lowest BCUT2D eigenvalue weighted by molar-refractivity contribution is 0.0618. The molecule has 0 spiro atoms. The van der Waals surface area contributed by atoms with E-state index in [-0.39, 0.29) is 24.4 Å². The molecule has 1 aliphatic heterocycles. The Balaban J connectivity index is 0.00000176. The zero-order chi connectivity index (χ0) is 14.7. The molecule has 0 aliphatic carbocycles. The summed E-state index contributed by atoms with van der Waals surface area (Å²) in [6.45, 7) is 1.35. The molecule has 0 bridgehead atoms. The molecular weight excluding hydrogens is 298 g/mol. The molecule has 1 saturated heterocycles. The number of halogens is 1. The lowest BCUT2D eigenvalue weighted by Crippen LogP contribution is -2.47. The fourth-order valence-electron chi connectivity index (χ4n) is 2.97. The number of amides is 1. The fraction of sp³-hybridized carbons (Fsp3) is 0.353. The molecule has 118 valence electrons. The van der Waals surface area contributed by atoms with Gasteiger partial charge in [0.25, 0.3) is 5.91 Å². The number of likely N-dealkylation sites (tertiary alicyclic amines) is 1. The number of nitrogens with two attached hydrogens (primary N) is 1. The highest BCUT2D eigenvalue weighted by Crippen LogP contribution is 2.22. The summed E-state index contributed by atoms with van der Waals surface area (Å²) in [7, 11) is 0. The van der Waals surface area contributed by atoms with Gasteiger partial charge >= 0.3 is 0 Å². The summed E-state index contributed by atoms with van der Waals surface area (Å²) in [6.07, 6.45) is 3.23. The highest BCUT2D eigenvalue weighted by molar-refractivity contribution is 5.93. The van der Waals surface area contributed by atoms with Gasteiger partial charge in [0.1, 0.15) is 5.69 Å². The number of carbonyl (C=O) groups is 1. The first-order valence-electron chi connectivity index (χ1n) is 7.55. The van der Waals surface area contributed by atoms with E-state index in [1.165, 1.54) is 0 Å². The molecule has 2 heterocycles. The Kier molecular flexibility index (Phi) is 5.63. The van der Waals surface area contributed by atoms with E-state index >= 15 is 0 Å². The normalized spacial score (nSPS) is 17.9. The summed E-state index contributed by atoms with van der Waals surface area (Å²) >= 11 is 0. The summed E-state index contributed by atoms with van der Waals surface area (Å²) < 4.78 is 0. The molecule has 1 atom stereocenters. The first-order valence-corrected chi connectivity index (χ1v) is 7.55. The number of aromatic amines is 1. The minimum absolute atomic E-state index is 0. The van der Waals surface area contributed by atoms with Crippen LogP contribution in [0.15, 0.2) is 42.5 Å². The van der Waals surface area contributed by atoms with Gasteiger partial charge < -0.3 is 15.6 Å². The summed E-state index contributed by atoms with van der Waals surface area (Å²) in [5.74, 6) is 0.0623. The van der Waals surface area contributed by atoms with Crippen LogP contribution in [0.4, 0.5) is 0 Å². The van der Waals surface area contributed by atoms with Gasteiger partial charge in [-0.15, -0.1) is 12.4 Å². The van der Waals surface area contributed by atoms with Gasteiger partial charge in [-0.2, -0.15) is 0 Å². The predicted molar refractivity (Wildman–Crippen MR) is 91.2 cm³/mol. The quantitative estimate of drug-likeness (QED) is 0.913. The van der Waals surface area contributed by atoms with E-state index in [0.29, 0.717) is 12.2 Å². The monoisotopic (exact) mass is 319 g/mol. The molecule has 1 aromatic heterocycles.